The Morgan fingerprint density at radius 2 is 1.89 bits per heavy atom. The molecule has 0 spiro atoms. The summed E-state index contributed by atoms with van der Waals surface area (Å²) in [5, 5.41) is 0.762. The third-order valence-electron chi connectivity index (χ3n) is 2.78. The molecule has 90 valence electrons. The fourth-order valence-corrected chi connectivity index (χ4v) is 3.92. The Morgan fingerprint density at radius 1 is 1.11 bits per heavy atom. The molecule has 18 heavy (non-hydrogen) atoms. The van der Waals surface area contributed by atoms with Gasteiger partial charge in [0.1, 0.15) is 0 Å². The molecule has 1 heterocycles. The average Bonchev–Trinajstić information content (AvgIpc) is 2.77. The van der Waals surface area contributed by atoms with Gasteiger partial charge in [0.15, 0.2) is 0 Å². The Balaban J connectivity index is 2.27. The van der Waals surface area contributed by atoms with Gasteiger partial charge in [0.05, 0.1) is 0 Å². The van der Waals surface area contributed by atoms with Gasteiger partial charge in [-0.25, -0.2) is 0 Å². The van der Waals surface area contributed by atoms with E-state index < -0.39 is 0 Å². The standard InChI is InChI=1S/C14H11NO2Se/c1-17-11-7-8-13-12(9-11)14(16)15(18-13)10-5-3-2-4-6-10/h2-9H,1H3. The third kappa shape index (κ3) is 1.80. The summed E-state index contributed by atoms with van der Waals surface area (Å²) < 4.78 is 8.12. The zero-order valence-corrected chi connectivity index (χ0v) is 11.5. The first-order valence-corrected chi connectivity index (χ1v) is 7.17. The van der Waals surface area contributed by atoms with E-state index in [1.165, 1.54) is 0 Å². The maximum absolute atomic E-state index is 12.4. The minimum absolute atomic E-state index is 0.0139. The summed E-state index contributed by atoms with van der Waals surface area (Å²) >= 11 is 0.0139. The Kier molecular flexibility index (Phi) is 2.82. The molecule has 0 unspecified atom stereocenters. The number of nitrogens with zero attached hydrogens (tertiary/aromatic N) is 1. The number of methoxy groups -OCH3 is 1. The molecule has 3 nitrogen and oxygen atoms in total. The van der Waals surface area contributed by atoms with Crippen molar-refractivity contribution in [3.63, 3.8) is 0 Å². The molecule has 2 aromatic carbocycles. The molecule has 1 aromatic heterocycles. The van der Waals surface area contributed by atoms with Crippen LogP contribution in [0.25, 0.3) is 15.3 Å². The Bertz CT molecular complexity index is 743. The number of ether oxygens (including phenoxy) is 1. The Morgan fingerprint density at radius 3 is 2.61 bits per heavy atom. The van der Waals surface area contributed by atoms with Gasteiger partial charge in [-0.05, 0) is 0 Å². The van der Waals surface area contributed by atoms with Gasteiger partial charge < -0.3 is 0 Å². The molecule has 0 amide bonds. The fourth-order valence-electron chi connectivity index (χ4n) is 1.87. The van der Waals surface area contributed by atoms with E-state index in [-0.39, 0.29) is 20.3 Å². The maximum atomic E-state index is 12.4. The summed E-state index contributed by atoms with van der Waals surface area (Å²) in [4.78, 5) is 12.4. The second-order valence-electron chi connectivity index (χ2n) is 3.89. The second-order valence-corrected chi connectivity index (χ2v) is 5.96. The molecule has 0 radical (unpaired) electrons. The van der Waals surface area contributed by atoms with Crippen molar-refractivity contribution in [2.24, 2.45) is 0 Å². The summed E-state index contributed by atoms with van der Waals surface area (Å²) in [5.41, 5.74) is 1.02. The molecule has 0 N–H and O–H groups in total. The summed E-state index contributed by atoms with van der Waals surface area (Å²) in [6.07, 6.45) is 0. The van der Waals surface area contributed by atoms with Gasteiger partial charge >= 0.3 is 110 Å². The van der Waals surface area contributed by atoms with E-state index >= 15 is 0 Å². The van der Waals surface area contributed by atoms with E-state index in [1.54, 1.807) is 7.11 Å². The second kappa shape index (κ2) is 4.48. The number of benzene rings is 2. The SMILES string of the molecule is COc1ccc2[se]n(-c3ccccc3)c(=O)c2c1. The van der Waals surface area contributed by atoms with Crippen LogP contribution in [0.15, 0.2) is 53.3 Å². The Hall–Kier alpha value is -1.77. The summed E-state index contributed by atoms with van der Waals surface area (Å²) in [5.74, 6) is 0.729. The van der Waals surface area contributed by atoms with E-state index in [4.69, 9.17) is 4.74 Å². The van der Waals surface area contributed by atoms with Crippen LogP contribution in [0.4, 0.5) is 0 Å². The molecule has 0 saturated carbocycles. The van der Waals surface area contributed by atoms with Crippen molar-refractivity contribution in [2.75, 3.05) is 7.11 Å². The van der Waals surface area contributed by atoms with Gasteiger partial charge in [-0.2, -0.15) is 0 Å². The van der Waals surface area contributed by atoms with E-state index in [0.717, 1.165) is 21.1 Å². The molecule has 0 bridgehead atoms. The van der Waals surface area contributed by atoms with E-state index in [1.807, 2.05) is 52.1 Å². The zero-order valence-electron chi connectivity index (χ0n) is 9.79. The van der Waals surface area contributed by atoms with Crippen molar-refractivity contribution in [2.45, 2.75) is 0 Å². The molecule has 0 aliphatic rings. The topological polar surface area (TPSA) is 31.2 Å². The van der Waals surface area contributed by atoms with Gasteiger partial charge in [-0.15, -0.1) is 0 Å². The van der Waals surface area contributed by atoms with E-state index in [9.17, 15) is 4.79 Å². The number of hydrogen-bond donors (Lipinski definition) is 0. The predicted octanol–water partition coefficient (Wildman–Crippen LogP) is 2.06. The quantitative estimate of drug-likeness (QED) is 0.679. The molecular formula is C14H11NO2Se. The van der Waals surface area contributed by atoms with Crippen LogP contribution in [0.1, 0.15) is 0 Å². The molecule has 4 heteroatoms. The van der Waals surface area contributed by atoms with Gasteiger partial charge in [-0.1, -0.05) is 0 Å². The molecule has 3 aromatic rings. The molecule has 0 atom stereocenters. The first-order valence-electron chi connectivity index (χ1n) is 5.55. The van der Waals surface area contributed by atoms with Crippen LogP contribution in [0.3, 0.4) is 0 Å². The van der Waals surface area contributed by atoms with Crippen molar-refractivity contribution in [3.8, 4) is 11.4 Å². The minimum atomic E-state index is 0.0139. The summed E-state index contributed by atoms with van der Waals surface area (Å²) in [6.45, 7) is 0. The van der Waals surface area contributed by atoms with Crippen LogP contribution in [-0.4, -0.2) is 25.4 Å². The number of rotatable bonds is 2. The number of fused-ring (bicyclic) bond motifs is 1. The summed E-state index contributed by atoms with van der Waals surface area (Å²) in [6, 6.07) is 15.5. The van der Waals surface area contributed by atoms with Crippen molar-refractivity contribution in [3.05, 3.63) is 58.9 Å². The molecular weight excluding hydrogens is 293 g/mol. The number of hydrogen-bond acceptors (Lipinski definition) is 2. The van der Waals surface area contributed by atoms with Crippen LogP contribution >= 0.6 is 0 Å². The van der Waals surface area contributed by atoms with Gasteiger partial charge in [0.25, 0.3) is 0 Å². The predicted molar refractivity (Wildman–Crippen MR) is 73.0 cm³/mol. The molecule has 0 fully saturated rings. The summed E-state index contributed by atoms with van der Waals surface area (Å²) in [7, 11) is 1.61. The van der Waals surface area contributed by atoms with E-state index in [0.29, 0.717) is 0 Å². The average molecular weight is 304 g/mol. The Labute approximate surface area is 110 Å². The van der Waals surface area contributed by atoms with Gasteiger partial charge in [-0.3, -0.25) is 0 Å². The molecule has 0 aliphatic heterocycles. The fraction of sp³-hybridized carbons (Fsp3) is 0.0714. The van der Waals surface area contributed by atoms with Crippen LogP contribution in [-0.2, 0) is 0 Å². The van der Waals surface area contributed by atoms with Crippen LogP contribution in [0.5, 0.6) is 5.75 Å². The molecule has 0 saturated heterocycles. The number of aromatic nitrogens is 1. The first kappa shape index (κ1) is 11.3. The number of para-hydroxylation sites is 1. The van der Waals surface area contributed by atoms with E-state index in [2.05, 4.69) is 0 Å². The normalized spacial score (nSPS) is 10.7. The molecule has 0 aliphatic carbocycles. The van der Waals surface area contributed by atoms with Crippen LogP contribution in [0.2, 0.25) is 0 Å². The van der Waals surface area contributed by atoms with Crippen molar-refractivity contribution in [1.29, 1.82) is 0 Å². The van der Waals surface area contributed by atoms with Crippen LogP contribution < -0.4 is 10.3 Å². The third-order valence-corrected chi connectivity index (χ3v) is 5.11. The van der Waals surface area contributed by atoms with Gasteiger partial charge in [0.2, 0.25) is 0 Å². The van der Waals surface area contributed by atoms with Crippen molar-refractivity contribution >= 4 is 24.4 Å². The van der Waals surface area contributed by atoms with Gasteiger partial charge in [0, 0.05) is 0 Å². The van der Waals surface area contributed by atoms with Crippen molar-refractivity contribution < 1.29 is 4.74 Å². The van der Waals surface area contributed by atoms with Crippen molar-refractivity contribution in [1.82, 2.24) is 3.56 Å². The molecule has 3 rings (SSSR count). The monoisotopic (exact) mass is 305 g/mol. The van der Waals surface area contributed by atoms with Crippen LogP contribution in [0, 0.1) is 0 Å². The first-order chi connectivity index (χ1) is 8.79. The zero-order chi connectivity index (χ0) is 12.5.